The maximum Gasteiger partial charge on any atom is 0.233 e. The fourth-order valence-electron chi connectivity index (χ4n) is 2.41. The lowest BCUT2D eigenvalue weighted by Gasteiger charge is -2.12. The quantitative estimate of drug-likeness (QED) is 0.629. The lowest BCUT2D eigenvalue weighted by atomic mass is 10.2. The molecule has 0 saturated carbocycles. The van der Waals surface area contributed by atoms with Crippen LogP contribution in [0.25, 0.3) is 11.4 Å². The fourth-order valence-corrected chi connectivity index (χ4v) is 3.38. The van der Waals surface area contributed by atoms with Crippen molar-refractivity contribution in [3.63, 3.8) is 0 Å². The third kappa shape index (κ3) is 4.87. The summed E-state index contributed by atoms with van der Waals surface area (Å²) in [5.74, 6) is 0.279. The number of hydrogen-bond donors (Lipinski definition) is 1. The van der Waals surface area contributed by atoms with Crippen LogP contribution >= 0.6 is 23.4 Å². The number of thioether (sulfide) groups is 1. The highest BCUT2D eigenvalue weighted by Crippen LogP contribution is 2.26. The predicted molar refractivity (Wildman–Crippen MR) is 105 cm³/mol. The average molecular weight is 405 g/mol. The monoisotopic (exact) mass is 404 g/mol. The molecular formula is C19H18ClFN4OS. The van der Waals surface area contributed by atoms with Gasteiger partial charge in [-0.1, -0.05) is 35.5 Å². The molecule has 1 amide bonds. The molecule has 27 heavy (non-hydrogen) atoms. The Bertz CT molecular complexity index is 928. The van der Waals surface area contributed by atoms with Crippen LogP contribution in [0.15, 0.2) is 53.7 Å². The lowest BCUT2D eigenvalue weighted by molar-refractivity contribution is -0.120. The highest BCUT2D eigenvalue weighted by Gasteiger charge is 2.19. The van der Waals surface area contributed by atoms with Crippen LogP contribution in [0, 0.1) is 5.82 Å². The Morgan fingerprint density at radius 2 is 1.85 bits per heavy atom. The van der Waals surface area contributed by atoms with Crippen LogP contribution in [0.5, 0.6) is 0 Å². The van der Waals surface area contributed by atoms with Gasteiger partial charge < -0.3 is 9.88 Å². The Labute approximate surface area is 166 Å². The van der Waals surface area contributed by atoms with E-state index in [9.17, 15) is 9.18 Å². The molecule has 3 aromatic rings. The van der Waals surface area contributed by atoms with Gasteiger partial charge in [0.15, 0.2) is 11.0 Å². The fraction of sp³-hybridized carbons (Fsp3) is 0.211. The first kappa shape index (κ1) is 19.4. The maximum absolute atomic E-state index is 12.9. The maximum atomic E-state index is 12.9. The molecule has 2 aromatic carbocycles. The third-order valence-electron chi connectivity index (χ3n) is 3.97. The van der Waals surface area contributed by atoms with Gasteiger partial charge in [0.2, 0.25) is 5.91 Å². The van der Waals surface area contributed by atoms with Crippen molar-refractivity contribution < 1.29 is 9.18 Å². The van der Waals surface area contributed by atoms with E-state index in [1.165, 1.54) is 23.9 Å². The summed E-state index contributed by atoms with van der Waals surface area (Å²) in [7, 11) is 1.86. The van der Waals surface area contributed by atoms with Gasteiger partial charge in [0.1, 0.15) is 5.82 Å². The molecule has 0 aliphatic rings. The second-order valence-electron chi connectivity index (χ2n) is 5.98. The summed E-state index contributed by atoms with van der Waals surface area (Å²) in [6.45, 7) is 2.15. The number of nitrogens with zero attached hydrogens (tertiary/aromatic N) is 3. The Kier molecular flexibility index (Phi) is 6.13. The van der Waals surface area contributed by atoms with Crippen molar-refractivity contribution in [3.05, 3.63) is 64.9 Å². The summed E-state index contributed by atoms with van der Waals surface area (Å²) in [4.78, 5) is 12.3. The smallest absolute Gasteiger partial charge is 0.233 e. The molecule has 8 heteroatoms. The van der Waals surface area contributed by atoms with Gasteiger partial charge in [-0.2, -0.15) is 0 Å². The number of aromatic nitrogens is 3. The van der Waals surface area contributed by atoms with E-state index in [4.69, 9.17) is 11.6 Å². The highest BCUT2D eigenvalue weighted by molar-refractivity contribution is 8.00. The summed E-state index contributed by atoms with van der Waals surface area (Å²) in [5, 5.41) is 12.2. The van der Waals surface area contributed by atoms with E-state index in [0.717, 1.165) is 11.1 Å². The molecule has 0 unspecified atom stereocenters. The zero-order valence-corrected chi connectivity index (χ0v) is 16.4. The van der Waals surface area contributed by atoms with Gasteiger partial charge in [0.25, 0.3) is 0 Å². The number of halogens is 2. The Morgan fingerprint density at radius 3 is 2.52 bits per heavy atom. The van der Waals surface area contributed by atoms with Gasteiger partial charge >= 0.3 is 0 Å². The first-order chi connectivity index (χ1) is 12.9. The third-order valence-corrected chi connectivity index (χ3v) is 5.35. The molecule has 1 heterocycles. The SMILES string of the molecule is C[C@H](Sc1nnc(-c2ccc(Cl)cc2)n1C)C(=O)NCc1ccc(F)cc1. The van der Waals surface area contributed by atoms with Crippen LogP contribution in [0.2, 0.25) is 5.02 Å². The predicted octanol–water partition coefficient (Wildman–Crippen LogP) is 4.07. The minimum absolute atomic E-state index is 0.125. The van der Waals surface area contributed by atoms with Crippen LogP contribution in [0.3, 0.4) is 0 Å². The molecule has 0 radical (unpaired) electrons. The molecule has 0 spiro atoms. The van der Waals surface area contributed by atoms with E-state index >= 15 is 0 Å². The Hall–Kier alpha value is -2.38. The Morgan fingerprint density at radius 1 is 1.19 bits per heavy atom. The van der Waals surface area contributed by atoms with Crippen molar-refractivity contribution in [2.45, 2.75) is 23.9 Å². The zero-order chi connectivity index (χ0) is 19.4. The molecule has 3 rings (SSSR count). The number of nitrogens with one attached hydrogen (secondary N) is 1. The minimum Gasteiger partial charge on any atom is -0.351 e. The summed E-state index contributed by atoms with van der Waals surface area (Å²) in [6.07, 6.45) is 0. The summed E-state index contributed by atoms with van der Waals surface area (Å²) >= 11 is 7.25. The van der Waals surface area contributed by atoms with Crippen LogP contribution in [-0.4, -0.2) is 25.9 Å². The molecule has 140 valence electrons. The van der Waals surface area contributed by atoms with Gasteiger partial charge in [0, 0.05) is 24.2 Å². The summed E-state index contributed by atoms with van der Waals surface area (Å²) in [6, 6.07) is 13.4. The van der Waals surface area contributed by atoms with Crippen LogP contribution < -0.4 is 5.32 Å². The van der Waals surface area contributed by atoms with E-state index in [1.54, 1.807) is 31.2 Å². The number of carbonyl (C=O) groups is 1. The minimum atomic E-state index is -0.355. The summed E-state index contributed by atoms with van der Waals surface area (Å²) < 4.78 is 14.8. The number of amides is 1. The van der Waals surface area contributed by atoms with E-state index < -0.39 is 0 Å². The normalized spacial score (nSPS) is 12.0. The van der Waals surface area contributed by atoms with E-state index in [1.807, 2.05) is 23.7 Å². The molecule has 0 bridgehead atoms. The number of benzene rings is 2. The first-order valence-corrected chi connectivity index (χ1v) is 9.54. The van der Waals surface area contributed by atoms with Crippen LogP contribution in [0.4, 0.5) is 4.39 Å². The van der Waals surface area contributed by atoms with Crippen molar-refractivity contribution in [1.82, 2.24) is 20.1 Å². The van der Waals surface area contributed by atoms with Crippen molar-refractivity contribution in [1.29, 1.82) is 0 Å². The molecule has 0 saturated heterocycles. The van der Waals surface area contributed by atoms with Gasteiger partial charge in [-0.05, 0) is 48.9 Å². The lowest BCUT2D eigenvalue weighted by Crippen LogP contribution is -2.30. The van der Waals surface area contributed by atoms with E-state index in [2.05, 4.69) is 15.5 Å². The second kappa shape index (κ2) is 8.54. The second-order valence-corrected chi connectivity index (χ2v) is 7.72. The van der Waals surface area contributed by atoms with E-state index in [0.29, 0.717) is 22.5 Å². The number of carbonyl (C=O) groups excluding carboxylic acids is 1. The topological polar surface area (TPSA) is 59.8 Å². The molecule has 1 N–H and O–H groups in total. The van der Waals surface area contributed by atoms with Crippen molar-refractivity contribution in [3.8, 4) is 11.4 Å². The molecule has 0 aliphatic carbocycles. The molecule has 5 nitrogen and oxygen atoms in total. The van der Waals surface area contributed by atoms with E-state index in [-0.39, 0.29) is 17.0 Å². The standard InChI is InChI=1S/C19H18ClFN4OS/c1-12(18(26)22-11-13-3-9-16(21)10-4-13)27-19-24-23-17(25(19)2)14-5-7-15(20)8-6-14/h3-10,12H,11H2,1-2H3,(H,22,26)/t12-/m0/s1. The first-order valence-electron chi connectivity index (χ1n) is 8.28. The van der Waals surface area contributed by atoms with Crippen LogP contribution in [-0.2, 0) is 18.4 Å². The van der Waals surface area contributed by atoms with Gasteiger partial charge in [-0.3, -0.25) is 4.79 Å². The molecule has 0 aliphatic heterocycles. The number of rotatable bonds is 6. The largest absolute Gasteiger partial charge is 0.351 e. The Balaban J connectivity index is 1.61. The van der Waals surface area contributed by atoms with Crippen molar-refractivity contribution in [2.75, 3.05) is 0 Å². The van der Waals surface area contributed by atoms with Gasteiger partial charge in [-0.25, -0.2) is 4.39 Å². The molecule has 1 atom stereocenters. The molecular weight excluding hydrogens is 387 g/mol. The van der Waals surface area contributed by atoms with Crippen molar-refractivity contribution in [2.24, 2.45) is 7.05 Å². The number of hydrogen-bond acceptors (Lipinski definition) is 4. The summed E-state index contributed by atoms with van der Waals surface area (Å²) in [5.41, 5.74) is 1.74. The average Bonchev–Trinajstić information content (AvgIpc) is 3.02. The highest BCUT2D eigenvalue weighted by atomic mass is 35.5. The van der Waals surface area contributed by atoms with Crippen LogP contribution in [0.1, 0.15) is 12.5 Å². The molecule has 0 fully saturated rings. The van der Waals surface area contributed by atoms with Gasteiger partial charge in [-0.15, -0.1) is 10.2 Å². The molecule has 1 aromatic heterocycles. The zero-order valence-electron chi connectivity index (χ0n) is 14.8. The van der Waals surface area contributed by atoms with Gasteiger partial charge in [0.05, 0.1) is 5.25 Å². The van der Waals surface area contributed by atoms with Crippen molar-refractivity contribution >= 4 is 29.3 Å².